The van der Waals surface area contributed by atoms with Crippen molar-refractivity contribution in [2.75, 3.05) is 10.6 Å². The van der Waals surface area contributed by atoms with Crippen LogP contribution in [-0.4, -0.2) is 17.7 Å². The Bertz CT molecular complexity index is 1050. The third kappa shape index (κ3) is 5.71. The van der Waals surface area contributed by atoms with Gasteiger partial charge in [0.1, 0.15) is 5.25 Å². The smallest absolute Gasteiger partial charge is 0.248 e. The van der Waals surface area contributed by atoms with Gasteiger partial charge in [-0.3, -0.25) is 14.4 Å². The molecular formula is C23H21N3O3S. The van der Waals surface area contributed by atoms with Crippen LogP contribution in [-0.2, 0) is 9.59 Å². The summed E-state index contributed by atoms with van der Waals surface area (Å²) in [7, 11) is 0. The van der Waals surface area contributed by atoms with Crippen molar-refractivity contribution in [2.45, 2.75) is 17.1 Å². The fourth-order valence-corrected chi connectivity index (χ4v) is 3.90. The Kier molecular flexibility index (Phi) is 6.87. The van der Waals surface area contributed by atoms with Crippen LogP contribution >= 0.6 is 11.8 Å². The number of rotatable bonds is 7. The molecule has 3 aromatic carbocycles. The van der Waals surface area contributed by atoms with E-state index in [1.807, 2.05) is 48.5 Å². The van der Waals surface area contributed by atoms with E-state index in [0.29, 0.717) is 16.9 Å². The predicted octanol–water partition coefficient (Wildman–Crippen LogP) is 4.22. The zero-order valence-electron chi connectivity index (χ0n) is 16.3. The number of carbonyl (C=O) groups excluding carboxylic acids is 3. The van der Waals surface area contributed by atoms with Gasteiger partial charge in [0.05, 0.1) is 0 Å². The van der Waals surface area contributed by atoms with E-state index in [1.54, 1.807) is 30.3 Å². The molecular weight excluding hydrogens is 398 g/mol. The van der Waals surface area contributed by atoms with Gasteiger partial charge in [0.25, 0.3) is 0 Å². The van der Waals surface area contributed by atoms with Crippen LogP contribution in [0.3, 0.4) is 0 Å². The fourth-order valence-electron chi connectivity index (χ4n) is 2.81. The zero-order valence-corrected chi connectivity index (χ0v) is 17.1. The third-order valence-electron chi connectivity index (χ3n) is 4.19. The second kappa shape index (κ2) is 9.76. The maximum atomic E-state index is 13.1. The summed E-state index contributed by atoms with van der Waals surface area (Å²) < 4.78 is 0. The summed E-state index contributed by atoms with van der Waals surface area (Å²) >= 11 is 1.38. The van der Waals surface area contributed by atoms with Crippen LogP contribution in [0.2, 0.25) is 0 Å². The van der Waals surface area contributed by atoms with Crippen LogP contribution in [0.5, 0.6) is 0 Å². The van der Waals surface area contributed by atoms with Gasteiger partial charge in [-0.2, -0.15) is 0 Å². The topological polar surface area (TPSA) is 101 Å². The normalized spacial score (nSPS) is 11.4. The van der Waals surface area contributed by atoms with Gasteiger partial charge in [-0.15, -0.1) is 11.8 Å². The molecule has 4 N–H and O–H groups in total. The summed E-state index contributed by atoms with van der Waals surface area (Å²) in [6.07, 6.45) is 0. The number of hydrogen-bond acceptors (Lipinski definition) is 4. The van der Waals surface area contributed by atoms with E-state index >= 15 is 0 Å². The Morgan fingerprint density at radius 2 is 1.53 bits per heavy atom. The first kappa shape index (κ1) is 21.1. The van der Waals surface area contributed by atoms with Crippen molar-refractivity contribution in [3.8, 4) is 0 Å². The maximum absolute atomic E-state index is 13.1. The van der Waals surface area contributed by atoms with E-state index in [4.69, 9.17) is 5.73 Å². The third-order valence-corrected chi connectivity index (χ3v) is 5.43. The van der Waals surface area contributed by atoms with Crippen LogP contribution < -0.4 is 16.4 Å². The van der Waals surface area contributed by atoms with Crippen molar-refractivity contribution in [2.24, 2.45) is 5.73 Å². The lowest BCUT2D eigenvalue weighted by atomic mass is 10.1. The Hall–Kier alpha value is -3.58. The number of carbonyl (C=O) groups is 3. The molecule has 0 heterocycles. The van der Waals surface area contributed by atoms with Crippen molar-refractivity contribution < 1.29 is 14.4 Å². The highest BCUT2D eigenvalue weighted by molar-refractivity contribution is 8.00. The van der Waals surface area contributed by atoms with Gasteiger partial charge in [0, 0.05) is 28.8 Å². The van der Waals surface area contributed by atoms with Gasteiger partial charge in [-0.25, -0.2) is 0 Å². The standard InChI is InChI=1S/C23H21N3O3S/c1-15(27)25-19-8-5-9-20(14-19)30-21(16-6-3-2-4-7-16)23(29)26-18-12-10-17(11-13-18)22(24)28/h2-14,21H,1H3,(H2,24,28)(H,25,27)(H,26,29). The predicted molar refractivity (Wildman–Crippen MR) is 119 cm³/mol. The van der Waals surface area contributed by atoms with Gasteiger partial charge in [-0.05, 0) is 48.0 Å². The van der Waals surface area contributed by atoms with E-state index in [2.05, 4.69) is 10.6 Å². The summed E-state index contributed by atoms with van der Waals surface area (Å²) in [6.45, 7) is 1.45. The highest BCUT2D eigenvalue weighted by Crippen LogP contribution is 2.37. The molecule has 30 heavy (non-hydrogen) atoms. The minimum atomic E-state index is -0.523. The van der Waals surface area contributed by atoms with E-state index in [9.17, 15) is 14.4 Å². The summed E-state index contributed by atoms with van der Waals surface area (Å²) in [5.41, 5.74) is 7.72. The fraction of sp³-hybridized carbons (Fsp3) is 0.0870. The largest absolute Gasteiger partial charge is 0.366 e. The number of hydrogen-bond donors (Lipinski definition) is 3. The maximum Gasteiger partial charge on any atom is 0.248 e. The van der Waals surface area contributed by atoms with E-state index in [1.165, 1.54) is 18.7 Å². The second-order valence-corrected chi connectivity index (χ2v) is 7.73. The molecule has 0 aliphatic rings. The number of primary amides is 1. The molecule has 0 aliphatic carbocycles. The molecule has 152 valence electrons. The molecule has 0 spiro atoms. The van der Waals surface area contributed by atoms with Gasteiger partial charge in [-0.1, -0.05) is 36.4 Å². The lowest BCUT2D eigenvalue weighted by molar-refractivity contribution is -0.116. The highest BCUT2D eigenvalue weighted by atomic mass is 32.2. The Morgan fingerprint density at radius 1 is 0.833 bits per heavy atom. The molecule has 0 aliphatic heterocycles. The van der Waals surface area contributed by atoms with Crippen LogP contribution in [0.15, 0.2) is 83.8 Å². The first-order valence-electron chi connectivity index (χ1n) is 9.22. The molecule has 0 saturated carbocycles. The number of thioether (sulfide) groups is 1. The van der Waals surface area contributed by atoms with Crippen LogP contribution in [0.4, 0.5) is 11.4 Å². The van der Waals surface area contributed by atoms with Gasteiger partial charge < -0.3 is 16.4 Å². The summed E-state index contributed by atoms with van der Waals surface area (Å²) in [4.78, 5) is 36.5. The Balaban J connectivity index is 1.83. The molecule has 3 rings (SSSR count). The number of nitrogens with two attached hydrogens (primary N) is 1. The second-order valence-electron chi connectivity index (χ2n) is 6.55. The van der Waals surface area contributed by atoms with Gasteiger partial charge in [0.15, 0.2) is 0 Å². The van der Waals surface area contributed by atoms with Crippen molar-refractivity contribution in [3.63, 3.8) is 0 Å². The quantitative estimate of drug-likeness (QED) is 0.499. The zero-order chi connectivity index (χ0) is 21.5. The molecule has 3 aromatic rings. The monoisotopic (exact) mass is 419 g/mol. The van der Waals surface area contributed by atoms with E-state index < -0.39 is 11.2 Å². The molecule has 1 atom stereocenters. The van der Waals surface area contributed by atoms with E-state index in [0.717, 1.165) is 10.5 Å². The van der Waals surface area contributed by atoms with Gasteiger partial charge >= 0.3 is 0 Å². The first-order chi connectivity index (χ1) is 14.4. The van der Waals surface area contributed by atoms with Crippen molar-refractivity contribution >= 4 is 40.9 Å². The summed E-state index contributed by atoms with van der Waals surface area (Å²) in [6, 6.07) is 23.2. The van der Waals surface area contributed by atoms with Crippen LogP contribution in [0.25, 0.3) is 0 Å². The lowest BCUT2D eigenvalue weighted by Gasteiger charge is -2.18. The van der Waals surface area contributed by atoms with Crippen LogP contribution in [0, 0.1) is 0 Å². The lowest BCUT2D eigenvalue weighted by Crippen LogP contribution is -2.19. The molecule has 6 nitrogen and oxygen atoms in total. The molecule has 0 fully saturated rings. The number of benzene rings is 3. The number of nitrogens with one attached hydrogen (secondary N) is 2. The minimum Gasteiger partial charge on any atom is -0.366 e. The minimum absolute atomic E-state index is 0.158. The molecule has 1 unspecified atom stereocenters. The van der Waals surface area contributed by atoms with Gasteiger partial charge in [0.2, 0.25) is 17.7 Å². The molecule has 0 bridgehead atoms. The SMILES string of the molecule is CC(=O)Nc1cccc(SC(C(=O)Nc2ccc(C(N)=O)cc2)c2ccccc2)c1. The average Bonchev–Trinajstić information content (AvgIpc) is 2.73. The highest BCUT2D eigenvalue weighted by Gasteiger charge is 2.22. The average molecular weight is 420 g/mol. The molecule has 0 radical (unpaired) electrons. The number of anilines is 2. The van der Waals surface area contributed by atoms with Crippen molar-refractivity contribution in [3.05, 3.63) is 90.0 Å². The molecule has 3 amide bonds. The first-order valence-corrected chi connectivity index (χ1v) is 10.1. The summed E-state index contributed by atoms with van der Waals surface area (Å²) in [5.74, 6) is -0.887. The van der Waals surface area contributed by atoms with Crippen molar-refractivity contribution in [1.29, 1.82) is 0 Å². The van der Waals surface area contributed by atoms with Crippen LogP contribution in [0.1, 0.15) is 28.1 Å². The molecule has 0 saturated heterocycles. The molecule has 0 aromatic heterocycles. The Morgan fingerprint density at radius 3 is 2.17 bits per heavy atom. The Labute approximate surface area is 178 Å². The van der Waals surface area contributed by atoms with Crippen molar-refractivity contribution in [1.82, 2.24) is 0 Å². The number of amides is 3. The molecule has 7 heteroatoms. The summed E-state index contributed by atoms with van der Waals surface area (Å²) in [5, 5.41) is 5.12. The van der Waals surface area contributed by atoms with E-state index in [-0.39, 0.29) is 11.8 Å².